The van der Waals surface area contributed by atoms with Gasteiger partial charge in [0.1, 0.15) is 6.10 Å². The molecule has 2 aliphatic heterocycles. The van der Waals surface area contributed by atoms with E-state index in [1.165, 1.54) is 12.1 Å². The number of hydrogen-bond donors (Lipinski definition) is 1. The summed E-state index contributed by atoms with van der Waals surface area (Å²) in [6.07, 6.45) is -4.12. The molecule has 0 aliphatic carbocycles. The van der Waals surface area contributed by atoms with Crippen molar-refractivity contribution < 1.29 is 27.8 Å². The Morgan fingerprint density at radius 3 is 2.95 bits per heavy atom. The van der Waals surface area contributed by atoms with Crippen molar-refractivity contribution in [3.05, 3.63) is 23.8 Å². The highest BCUT2D eigenvalue weighted by Crippen LogP contribution is 2.41. The van der Waals surface area contributed by atoms with E-state index in [4.69, 9.17) is 4.74 Å². The predicted molar refractivity (Wildman–Crippen MR) is 71.7 cm³/mol. The van der Waals surface area contributed by atoms with E-state index in [9.17, 15) is 13.6 Å². The normalized spacial score (nSPS) is 23.3. The number of rotatable bonds is 3. The lowest BCUT2D eigenvalue weighted by Gasteiger charge is -2.31. The van der Waals surface area contributed by atoms with Gasteiger partial charge in [-0.3, -0.25) is 9.69 Å². The van der Waals surface area contributed by atoms with Crippen LogP contribution in [0.1, 0.15) is 5.56 Å². The van der Waals surface area contributed by atoms with Gasteiger partial charge in [-0.25, -0.2) is 0 Å². The SMILES string of the molecule is CNC(=O)C1CN(Cc2ccc3c(c2)OC(F)(F)O3)CCO1. The Balaban J connectivity index is 1.66. The fraction of sp³-hybridized carbons (Fsp3) is 0.500. The van der Waals surface area contributed by atoms with Crippen LogP contribution in [0.3, 0.4) is 0 Å². The summed E-state index contributed by atoms with van der Waals surface area (Å²) in [6, 6.07) is 4.69. The molecule has 1 aromatic rings. The zero-order chi connectivity index (χ0) is 15.7. The maximum absolute atomic E-state index is 13.0. The first-order chi connectivity index (χ1) is 10.5. The molecule has 1 saturated heterocycles. The van der Waals surface area contributed by atoms with Crippen molar-refractivity contribution in [2.24, 2.45) is 0 Å². The van der Waals surface area contributed by atoms with Gasteiger partial charge in [0.25, 0.3) is 0 Å². The van der Waals surface area contributed by atoms with Crippen LogP contribution in [-0.4, -0.2) is 49.9 Å². The number of nitrogens with zero attached hydrogens (tertiary/aromatic N) is 1. The minimum absolute atomic E-state index is 0.0265. The number of fused-ring (bicyclic) bond motifs is 1. The second-order valence-electron chi connectivity index (χ2n) is 5.16. The van der Waals surface area contributed by atoms with Crippen LogP contribution in [0.25, 0.3) is 0 Å². The largest absolute Gasteiger partial charge is 0.586 e. The van der Waals surface area contributed by atoms with Gasteiger partial charge in [-0.05, 0) is 17.7 Å². The van der Waals surface area contributed by atoms with Gasteiger partial charge in [0.05, 0.1) is 6.61 Å². The van der Waals surface area contributed by atoms with Crippen LogP contribution in [0, 0.1) is 0 Å². The molecule has 1 amide bonds. The number of ether oxygens (including phenoxy) is 3. The maximum atomic E-state index is 13.0. The molecule has 1 fully saturated rings. The van der Waals surface area contributed by atoms with Crippen molar-refractivity contribution in [1.29, 1.82) is 0 Å². The topological polar surface area (TPSA) is 60.0 Å². The van der Waals surface area contributed by atoms with E-state index in [0.29, 0.717) is 26.2 Å². The highest BCUT2D eigenvalue weighted by atomic mass is 19.3. The molecule has 0 bridgehead atoms. The molecule has 1 aromatic carbocycles. The van der Waals surface area contributed by atoms with Crippen LogP contribution in [0.5, 0.6) is 11.5 Å². The molecular weight excluding hydrogens is 298 g/mol. The van der Waals surface area contributed by atoms with Crippen molar-refractivity contribution in [3.63, 3.8) is 0 Å². The minimum atomic E-state index is -3.61. The third kappa shape index (κ3) is 3.12. The molecule has 120 valence electrons. The zero-order valence-electron chi connectivity index (χ0n) is 12.0. The first kappa shape index (κ1) is 15.0. The van der Waals surface area contributed by atoms with E-state index >= 15 is 0 Å². The maximum Gasteiger partial charge on any atom is 0.586 e. The Morgan fingerprint density at radius 2 is 2.18 bits per heavy atom. The highest BCUT2D eigenvalue weighted by Gasteiger charge is 2.43. The summed E-state index contributed by atoms with van der Waals surface area (Å²) in [5.41, 5.74) is 0.803. The highest BCUT2D eigenvalue weighted by molar-refractivity contribution is 5.80. The molecule has 1 atom stereocenters. The van der Waals surface area contributed by atoms with Gasteiger partial charge < -0.3 is 19.5 Å². The number of benzene rings is 1. The lowest BCUT2D eigenvalue weighted by molar-refractivity contribution is -0.286. The van der Waals surface area contributed by atoms with Crippen LogP contribution < -0.4 is 14.8 Å². The Hall–Kier alpha value is -1.93. The molecule has 2 heterocycles. The third-order valence-electron chi connectivity index (χ3n) is 3.56. The fourth-order valence-electron chi connectivity index (χ4n) is 2.52. The zero-order valence-corrected chi connectivity index (χ0v) is 12.0. The second-order valence-corrected chi connectivity index (χ2v) is 5.16. The predicted octanol–water partition coefficient (Wildman–Crippen LogP) is 0.955. The van der Waals surface area contributed by atoms with Gasteiger partial charge in [-0.1, -0.05) is 6.07 Å². The Kier molecular flexibility index (Phi) is 3.88. The number of carbonyl (C=O) groups is 1. The second kappa shape index (κ2) is 5.69. The van der Waals surface area contributed by atoms with Crippen LogP contribution in [0.2, 0.25) is 0 Å². The van der Waals surface area contributed by atoms with Crippen molar-refractivity contribution in [2.45, 2.75) is 18.9 Å². The summed E-state index contributed by atoms with van der Waals surface area (Å²) in [5, 5.41) is 2.55. The summed E-state index contributed by atoms with van der Waals surface area (Å²) in [7, 11) is 1.56. The molecule has 6 nitrogen and oxygen atoms in total. The molecule has 0 radical (unpaired) electrons. The summed E-state index contributed by atoms with van der Waals surface area (Å²) >= 11 is 0. The van der Waals surface area contributed by atoms with Crippen LogP contribution in [-0.2, 0) is 16.1 Å². The number of alkyl halides is 2. The van der Waals surface area contributed by atoms with Crippen molar-refractivity contribution in [2.75, 3.05) is 26.7 Å². The lowest BCUT2D eigenvalue weighted by atomic mass is 10.1. The Morgan fingerprint density at radius 1 is 1.41 bits per heavy atom. The van der Waals surface area contributed by atoms with E-state index in [-0.39, 0.29) is 17.4 Å². The number of amides is 1. The van der Waals surface area contributed by atoms with Crippen molar-refractivity contribution >= 4 is 5.91 Å². The number of carbonyl (C=O) groups excluding carboxylic acids is 1. The number of nitrogens with one attached hydrogen (secondary N) is 1. The van der Waals surface area contributed by atoms with Crippen LogP contribution >= 0.6 is 0 Å². The summed E-state index contributed by atoms with van der Waals surface area (Å²) in [6.45, 7) is 2.07. The van der Waals surface area contributed by atoms with Gasteiger partial charge in [-0.15, -0.1) is 8.78 Å². The third-order valence-corrected chi connectivity index (χ3v) is 3.56. The van der Waals surface area contributed by atoms with E-state index in [0.717, 1.165) is 5.56 Å². The molecule has 2 aliphatic rings. The van der Waals surface area contributed by atoms with E-state index < -0.39 is 12.4 Å². The molecule has 0 aromatic heterocycles. The molecule has 1 unspecified atom stereocenters. The Bertz CT molecular complexity index is 582. The van der Waals surface area contributed by atoms with Crippen molar-refractivity contribution in [3.8, 4) is 11.5 Å². The molecule has 22 heavy (non-hydrogen) atoms. The van der Waals surface area contributed by atoms with Gasteiger partial charge in [0.2, 0.25) is 5.91 Å². The monoisotopic (exact) mass is 314 g/mol. The molecule has 8 heteroatoms. The smallest absolute Gasteiger partial charge is 0.395 e. The van der Waals surface area contributed by atoms with Gasteiger partial charge in [-0.2, -0.15) is 0 Å². The summed E-state index contributed by atoms with van der Waals surface area (Å²) in [4.78, 5) is 13.6. The van der Waals surface area contributed by atoms with Gasteiger partial charge in [0.15, 0.2) is 11.5 Å². The van der Waals surface area contributed by atoms with Crippen molar-refractivity contribution in [1.82, 2.24) is 10.2 Å². The van der Waals surface area contributed by atoms with Crippen LogP contribution in [0.15, 0.2) is 18.2 Å². The van der Waals surface area contributed by atoms with E-state index in [1.54, 1.807) is 13.1 Å². The number of hydrogen-bond acceptors (Lipinski definition) is 5. The average Bonchev–Trinajstić information content (AvgIpc) is 2.80. The molecule has 0 saturated carbocycles. The van der Waals surface area contributed by atoms with Gasteiger partial charge >= 0.3 is 6.29 Å². The fourth-order valence-corrected chi connectivity index (χ4v) is 2.52. The summed E-state index contributed by atoms with van der Waals surface area (Å²) < 4.78 is 40.2. The molecule has 1 N–H and O–H groups in total. The van der Waals surface area contributed by atoms with Crippen LogP contribution in [0.4, 0.5) is 8.78 Å². The number of halogens is 2. The molecular formula is C14H16F2N2O4. The van der Waals surface area contributed by atoms with E-state index in [2.05, 4.69) is 14.8 Å². The quantitative estimate of drug-likeness (QED) is 0.900. The lowest BCUT2D eigenvalue weighted by Crippen LogP contribution is -2.48. The number of morpholine rings is 1. The molecule has 3 rings (SSSR count). The Labute approximate surface area is 125 Å². The average molecular weight is 314 g/mol. The van der Waals surface area contributed by atoms with E-state index in [1.807, 2.05) is 4.90 Å². The molecule has 0 spiro atoms. The first-order valence-electron chi connectivity index (χ1n) is 6.91. The minimum Gasteiger partial charge on any atom is -0.395 e. The number of likely N-dealkylation sites (N-methyl/N-ethyl adjacent to an activating group) is 1. The summed E-state index contributed by atoms with van der Waals surface area (Å²) in [5.74, 6) is -0.118. The standard InChI is InChI=1S/C14H16F2N2O4/c1-17-13(19)12-8-18(4-5-20-12)7-9-2-3-10-11(6-9)22-14(15,16)21-10/h2-3,6,12H,4-5,7-8H2,1H3,(H,17,19). The van der Waals surface area contributed by atoms with Gasteiger partial charge in [0, 0.05) is 26.7 Å². The first-order valence-corrected chi connectivity index (χ1v) is 6.91.